The highest BCUT2D eigenvalue weighted by Gasteiger charge is 2.24. The number of rotatable bonds is 3. The number of carbonyl (C=O) groups is 1. The number of benzene rings is 1. The highest BCUT2D eigenvalue weighted by atomic mass is 16.2. The molecule has 22 heavy (non-hydrogen) atoms. The molecule has 0 spiro atoms. The van der Waals surface area contributed by atoms with Crippen LogP contribution in [0.25, 0.3) is 0 Å². The van der Waals surface area contributed by atoms with E-state index in [4.69, 9.17) is 0 Å². The molecule has 1 amide bonds. The van der Waals surface area contributed by atoms with Crippen molar-refractivity contribution in [1.29, 1.82) is 0 Å². The van der Waals surface area contributed by atoms with Crippen molar-refractivity contribution in [3.63, 3.8) is 0 Å². The Balaban J connectivity index is 1.67. The monoisotopic (exact) mass is 300 g/mol. The molecule has 0 bridgehead atoms. The van der Waals surface area contributed by atoms with Gasteiger partial charge in [-0.3, -0.25) is 4.79 Å². The number of anilines is 1. The van der Waals surface area contributed by atoms with Gasteiger partial charge in [-0.1, -0.05) is 18.2 Å². The van der Waals surface area contributed by atoms with Gasteiger partial charge in [-0.25, -0.2) is 4.99 Å². The van der Waals surface area contributed by atoms with Crippen LogP contribution in [-0.2, 0) is 11.2 Å². The SMILES string of the molecule is CCNC(=NCC(=O)N1CCc2ccccc21)N1CCCC1. The minimum Gasteiger partial charge on any atom is -0.357 e. The third-order valence-corrected chi connectivity index (χ3v) is 4.29. The Morgan fingerprint density at radius 1 is 1.23 bits per heavy atom. The third-order valence-electron chi connectivity index (χ3n) is 4.29. The lowest BCUT2D eigenvalue weighted by Gasteiger charge is -2.21. The van der Waals surface area contributed by atoms with Crippen LogP contribution in [0.3, 0.4) is 0 Å². The zero-order valence-corrected chi connectivity index (χ0v) is 13.2. The summed E-state index contributed by atoms with van der Waals surface area (Å²) in [5.74, 6) is 0.959. The third kappa shape index (κ3) is 3.08. The van der Waals surface area contributed by atoms with Crippen molar-refractivity contribution >= 4 is 17.6 Å². The number of fused-ring (bicyclic) bond motifs is 1. The number of hydrogen-bond donors (Lipinski definition) is 1. The van der Waals surface area contributed by atoms with Gasteiger partial charge in [-0.15, -0.1) is 0 Å². The molecular weight excluding hydrogens is 276 g/mol. The van der Waals surface area contributed by atoms with E-state index in [1.807, 2.05) is 23.1 Å². The molecule has 1 aromatic carbocycles. The van der Waals surface area contributed by atoms with Crippen LogP contribution in [0.1, 0.15) is 25.3 Å². The largest absolute Gasteiger partial charge is 0.357 e. The van der Waals surface area contributed by atoms with Crippen LogP contribution in [0.4, 0.5) is 5.69 Å². The summed E-state index contributed by atoms with van der Waals surface area (Å²) in [5.41, 5.74) is 2.31. The Kier molecular flexibility index (Phi) is 4.61. The zero-order valence-electron chi connectivity index (χ0n) is 13.2. The van der Waals surface area contributed by atoms with E-state index in [9.17, 15) is 4.79 Å². The summed E-state index contributed by atoms with van der Waals surface area (Å²) < 4.78 is 0. The van der Waals surface area contributed by atoms with Crippen molar-refractivity contribution in [2.75, 3.05) is 37.6 Å². The average Bonchev–Trinajstić information content (AvgIpc) is 3.20. The van der Waals surface area contributed by atoms with Gasteiger partial charge >= 0.3 is 0 Å². The van der Waals surface area contributed by atoms with Gasteiger partial charge in [0.05, 0.1) is 0 Å². The minimum atomic E-state index is 0.0829. The van der Waals surface area contributed by atoms with Crippen molar-refractivity contribution in [2.24, 2.45) is 4.99 Å². The van der Waals surface area contributed by atoms with Crippen molar-refractivity contribution in [3.05, 3.63) is 29.8 Å². The van der Waals surface area contributed by atoms with Crippen molar-refractivity contribution < 1.29 is 4.79 Å². The van der Waals surface area contributed by atoms with Crippen LogP contribution in [0.15, 0.2) is 29.3 Å². The molecule has 1 saturated heterocycles. The van der Waals surface area contributed by atoms with Crippen molar-refractivity contribution in [2.45, 2.75) is 26.2 Å². The fourth-order valence-corrected chi connectivity index (χ4v) is 3.18. The summed E-state index contributed by atoms with van der Waals surface area (Å²) >= 11 is 0. The molecule has 0 radical (unpaired) electrons. The van der Waals surface area contributed by atoms with Crippen LogP contribution in [0, 0.1) is 0 Å². The number of para-hydroxylation sites is 1. The number of hydrogen-bond acceptors (Lipinski definition) is 2. The number of aliphatic imine (C=N–C) groups is 1. The first-order chi connectivity index (χ1) is 10.8. The number of nitrogens with one attached hydrogen (secondary N) is 1. The molecule has 3 rings (SSSR count). The zero-order chi connectivity index (χ0) is 15.4. The van der Waals surface area contributed by atoms with E-state index in [0.717, 1.165) is 44.2 Å². The molecule has 1 N–H and O–H groups in total. The lowest BCUT2D eigenvalue weighted by atomic mass is 10.2. The van der Waals surface area contributed by atoms with Crippen LogP contribution in [-0.4, -0.2) is 49.5 Å². The Bertz CT molecular complexity index is 564. The molecule has 0 saturated carbocycles. The lowest BCUT2D eigenvalue weighted by Crippen LogP contribution is -2.40. The predicted octanol–water partition coefficient (Wildman–Crippen LogP) is 1.64. The number of guanidine groups is 1. The topological polar surface area (TPSA) is 47.9 Å². The molecule has 0 aliphatic carbocycles. The number of carbonyl (C=O) groups excluding carboxylic acids is 1. The van der Waals surface area contributed by atoms with Gasteiger partial charge in [0.2, 0.25) is 5.91 Å². The Hall–Kier alpha value is -2.04. The molecule has 1 aromatic rings. The van der Waals surface area contributed by atoms with Gasteiger partial charge in [0.15, 0.2) is 5.96 Å². The number of amides is 1. The summed E-state index contributed by atoms with van der Waals surface area (Å²) in [5, 5.41) is 3.29. The Labute approximate surface area is 132 Å². The van der Waals surface area contributed by atoms with Crippen molar-refractivity contribution in [3.8, 4) is 0 Å². The van der Waals surface area contributed by atoms with Crippen LogP contribution < -0.4 is 10.2 Å². The first-order valence-corrected chi connectivity index (χ1v) is 8.21. The maximum absolute atomic E-state index is 12.5. The van der Waals surface area contributed by atoms with Crippen molar-refractivity contribution in [1.82, 2.24) is 10.2 Å². The van der Waals surface area contributed by atoms with E-state index < -0.39 is 0 Å². The maximum Gasteiger partial charge on any atom is 0.248 e. The molecule has 118 valence electrons. The minimum absolute atomic E-state index is 0.0829. The fraction of sp³-hybridized carbons (Fsp3) is 0.529. The van der Waals surface area contributed by atoms with E-state index in [1.54, 1.807) is 0 Å². The van der Waals surface area contributed by atoms with E-state index in [0.29, 0.717) is 0 Å². The van der Waals surface area contributed by atoms with E-state index in [1.165, 1.54) is 18.4 Å². The molecule has 5 heteroatoms. The summed E-state index contributed by atoms with van der Waals surface area (Å²) in [4.78, 5) is 21.2. The predicted molar refractivity (Wildman–Crippen MR) is 89.3 cm³/mol. The number of nitrogens with zero attached hydrogens (tertiary/aromatic N) is 3. The Morgan fingerprint density at radius 2 is 2.00 bits per heavy atom. The first kappa shape index (κ1) is 14.9. The van der Waals surface area contributed by atoms with E-state index in [-0.39, 0.29) is 12.5 Å². The van der Waals surface area contributed by atoms with Gasteiger partial charge < -0.3 is 15.1 Å². The number of likely N-dealkylation sites (tertiary alicyclic amines) is 1. The molecule has 0 aromatic heterocycles. The van der Waals surface area contributed by atoms with E-state index >= 15 is 0 Å². The summed E-state index contributed by atoms with van der Waals surface area (Å²) in [6.45, 7) is 5.94. The summed E-state index contributed by atoms with van der Waals surface area (Å²) in [6, 6.07) is 8.14. The van der Waals surface area contributed by atoms with E-state index in [2.05, 4.69) is 28.2 Å². The van der Waals surface area contributed by atoms with Gasteiger partial charge in [0.25, 0.3) is 0 Å². The summed E-state index contributed by atoms with van der Waals surface area (Å²) in [7, 11) is 0. The van der Waals surface area contributed by atoms with Crippen LogP contribution in [0.2, 0.25) is 0 Å². The highest BCUT2D eigenvalue weighted by Crippen LogP contribution is 2.27. The van der Waals surface area contributed by atoms with Crippen LogP contribution >= 0.6 is 0 Å². The summed E-state index contributed by atoms with van der Waals surface area (Å²) in [6.07, 6.45) is 3.35. The standard InChI is InChI=1S/C17H24N4O/c1-2-18-17(20-10-5-6-11-20)19-13-16(22)21-12-9-14-7-3-4-8-15(14)21/h3-4,7-8H,2,5-6,9-13H2,1H3,(H,18,19). The first-order valence-electron chi connectivity index (χ1n) is 8.21. The molecular formula is C17H24N4O. The van der Waals surface area contributed by atoms with Gasteiger partial charge in [0.1, 0.15) is 6.54 Å². The second kappa shape index (κ2) is 6.81. The second-order valence-corrected chi connectivity index (χ2v) is 5.79. The van der Waals surface area contributed by atoms with Gasteiger partial charge in [-0.2, -0.15) is 0 Å². The van der Waals surface area contributed by atoms with Gasteiger partial charge in [-0.05, 0) is 37.8 Å². The quantitative estimate of drug-likeness (QED) is 0.682. The highest BCUT2D eigenvalue weighted by molar-refractivity contribution is 5.98. The normalized spacial score (nSPS) is 17.8. The lowest BCUT2D eigenvalue weighted by molar-refractivity contribution is -0.117. The Morgan fingerprint density at radius 3 is 2.77 bits per heavy atom. The smallest absolute Gasteiger partial charge is 0.248 e. The van der Waals surface area contributed by atoms with Crippen LogP contribution in [0.5, 0.6) is 0 Å². The molecule has 5 nitrogen and oxygen atoms in total. The average molecular weight is 300 g/mol. The molecule has 0 unspecified atom stereocenters. The molecule has 2 aliphatic heterocycles. The van der Waals surface area contributed by atoms with Gasteiger partial charge in [0, 0.05) is 31.9 Å². The maximum atomic E-state index is 12.5. The fourth-order valence-electron chi connectivity index (χ4n) is 3.18. The molecule has 1 fully saturated rings. The molecule has 2 heterocycles. The second-order valence-electron chi connectivity index (χ2n) is 5.79. The molecule has 2 aliphatic rings. The molecule has 0 atom stereocenters.